The van der Waals surface area contributed by atoms with Crippen molar-refractivity contribution in [3.8, 4) is 0 Å². The molecule has 1 N–H and O–H groups in total. The predicted octanol–water partition coefficient (Wildman–Crippen LogP) is 2.86. The maximum atomic E-state index is 13.0. The highest BCUT2D eigenvalue weighted by atomic mass is 16.3. The Kier molecular flexibility index (Phi) is 3.82. The molecule has 21 heavy (non-hydrogen) atoms. The molecule has 0 aromatic carbocycles. The van der Waals surface area contributed by atoms with E-state index in [1.54, 1.807) is 0 Å². The molecule has 4 nitrogen and oxygen atoms in total. The number of carbonyl (C=O) groups is 1. The first-order valence-corrected chi connectivity index (χ1v) is 8.06. The van der Waals surface area contributed by atoms with E-state index in [2.05, 4.69) is 19.2 Å². The van der Waals surface area contributed by atoms with Gasteiger partial charge in [0.25, 0.3) is 0 Å². The molecule has 1 saturated carbocycles. The molecule has 2 aliphatic rings. The fourth-order valence-electron chi connectivity index (χ4n) is 3.31. The lowest BCUT2D eigenvalue weighted by atomic mass is 9.77. The molecule has 2 heterocycles. The zero-order valence-corrected chi connectivity index (χ0v) is 13.3. The molecule has 3 rings (SSSR count). The van der Waals surface area contributed by atoms with Crippen molar-refractivity contribution >= 4 is 5.91 Å². The summed E-state index contributed by atoms with van der Waals surface area (Å²) in [5, 5.41) is 3.44. The molecular formula is C17H26N2O2. The molecule has 116 valence electrons. The van der Waals surface area contributed by atoms with Crippen molar-refractivity contribution in [3.05, 3.63) is 23.7 Å². The molecule has 1 aromatic heterocycles. The number of furan rings is 1. The molecule has 4 heteroatoms. The highest BCUT2D eigenvalue weighted by molar-refractivity contribution is 5.83. The Morgan fingerprint density at radius 3 is 2.76 bits per heavy atom. The van der Waals surface area contributed by atoms with E-state index in [1.807, 2.05) is 24.0 Å². The van der Waals surface area contributed by atoms with Crippen molar-refractivity contribution < 1.29 is 9.21 Å². The van der Waals surface area contributed by atoms with E-state index < -0.39 is 0 Å². The summed E-state index contributed by atoms with van der Waals surface area (Å²) in [5.41, 5.74) is 0.0293. The summed E-state index contributed by atoms with van der Waals surface area (Å²) in [7, 11) is 0. The average molecular weight is 290 g/mol. The summed E-state index contributed by atoms with van der Waals surface area (Å²) >= 11 is 0. The van der Waals surface area contributed by atoms with E-state index in [0.29, 0.717) is 12.6 Å². The summed E-state index contributed by atoms with van der Waals surface area (Å²) in [6.07, 6.45) is 4.50. The Morgan fingerprint density at radius 2 is 2.19 bits per heavy atom. The van der Waals surface area contributed by atoms with Crippen molar-refractivity contribution in [2.45, 2.75) is 65.1 Å². The van der Waals surface area contributed by atoms with Crippen LogP contribution in [0.2, 0.25) is 0 Å². The monoisotopic (exact) mass is 290 g/mol. The highest BCUT2D eigenvalue weighted by Gasteiger charge is 2.43. The van der Waals surface area contributed by atoms with E-state index in [0.717, 1.165) is 43.7 Å². The minimum absolute atomic E-state index is 0.0293. The van der Waals surface area contributed by atoms with Crippen molar-refractivity contribution in [2.24, 2.45) is 5.41 Å². The van der Waals surface area contributed by atoms with Crippen LogP contribution in [0.5, 0.6) is 0 Å². The Bertz CT molecular complexity index is 517. The largest absolute Gasteiger partial charge is 0.464 e. The van der Waals surface area contributed by atoms with Gasteiger partial charge in [0, 0.05) is 6.04 Å². The zero-order valence-electron chi connectivity index (χ0n) is 13.3. The lowest BCUT2D eigenvalue weighted by Gasteiger charge is -2.40. The minimum atomic E-state index is -0.0668. The van der Waals surface area contributed by atoms with Gasteiger partial charge < -0.3 is 14.6 Å². The number of hydrogen-bond donors (Lipinski definition) is 1. The maximum absolute atomic E-state index is 13.0. The molecule has 1 atom stereocenters. The SMILES string of the molecule is Cc1ccc(CN(C(=O)C2NCCCC2(C)C)C2CC2)o1. The number of hydrogen-bond acceptors (Lipinski definition) is 3. The van der Waals surface area contributed by atoms with E-state index in [-0.39, 0.29) is 17.4 Å². The average Bonchev–Trinajstić information content (AvgIpc) is 3.18. The van der Waals surface area contributed by atoms with Crippen LogP contribution in [0.15, 0.2) is 16.5 Å². The first-order chi connectivity index (χ1) is 9.97. The van der Waals surface area contributed by atoms with Crippen molar-refractivity contribution in [1.82, 2.24) is 10.2 Å². The van der Waals surface area contributed by atoms with Gasteiger partial charge in [-0.3, -0.25) is 4.79 Å². The van der Waals surface area contributed by atoms with Crippen LogP contribution in [-0.4, -0.2) is 29.4 Å². The van der Waals surface area contributed by atoms with Gasteiger partial charge in [0.15, 0.2) is 0 Å². The number of carbonyl (C=O) groups excluding carboxylic acids is 1. The van der Waals surface area contributed by atoms with Crippen LogP contribution in [0.4, 0.5) is 0 Å². The van der Waals surface area contributed by atoms with E-state index in [9.17, 15) is 4.79 Å². The van der Waals surface area contributed by atoms with Crippen LogP contribution in [0.25, 0.3) is 0 Å². The number of amides is 1. The molecule has 1 saturated heterocycles. The van der Waals surface area contributed by atoms with Crippen molar-refractivity contribution in [2.75, 3.05) is 6.54 Å². The third-order valence-electron chi connectivity index (χ3n) is 4.77. The number of nitrogens with one attached hydrogen (secondary N) is 1. The van der Waals surface area contributed by atoms with E-state index >= 15 is 0 Å². The normalized spacial score (nSPS) is 24.8. The third kappa shape index (κ3) is 3.15. The second-order valence-electron chi connectivity index (χ2n) is 7.19. The molecule has 1 aromatic rings. The van der Waals surface area contributed by atoms with E-state index in [4.69, 9.17) is 4.42 Å². The molecule has 1 amide bonds. The Morgan fingerprint density at radius 1 is 1.43 bits per heavy atom. The van der Waals surface area contributed by atoms with Crippen molar-refractivity contribution in [1.29, 1.82) is 0 Å². The summed E-state index contributed by atoms with van der Waals surface area (Å²) in [6, 6.07) is 4.29. The second-order valence-corrected chi connectivity index (χ2v) is 7.19. The van der Waals surface area contributed by atoms with Crippen LogP contribution in [0, 0.1) is 12.3 Å². The quantitative estimate of drug-likeness (QED) is 0.927. The number of piperidine rings is 1. The highest BCUT2D eigenvalue weighted by Crippen LogP contribution is 2.35. The molecule has 1 aliphatic carbocycles. The molecule has 0 radical (unpaired) electrons. The molecule has 2 fully saturated rings. The summed E-state index contributed by atoms with van der Waals surface area (Å²) in [6.45, 7) is 7.89. The van der Waals surface area contributed by atoms with Crippen LogP contribution in [-0.2, 0) is 11.3 Å². The minimum Gasteiger partial charge on any atom is -0.464 e. The molecule has 1 unspecified atom stereocenters. The van der Waals surface area contributed by atoms with Gasteiger partial charge in [0.05, 0.1) is 12.6 Å². The van der Waals surface area contributed by atoms with Gasteiger partial charge in [-0.15, -0.1) is 0 Å². The lowest BCUT2D eigenvalue weighted by molar-refractivity contribution is -0.139. The molecule has 1 aliphatic heterocycles. The van der Waals surface area contributed by atoms with Crippen LogP contribution in [0.3, 0.4) is 0 Å². The summed E-state index contributed by atoms with van der Waals surface area (Å²) in [4.78, 5) is 15.1. The van der Waals surface area contributed by atoms with Crippen molar-refractivity contribution in [3.63, 3.8) is 0 Å². The third-order valence-corrected chi connectivity index (χ3v) is 4.77. The topological polar surface area (TPSA) is 45.5 Å². The maximum Gasteiger partial charge on any atom is 0.240 e. The zero-order chi connectivity index (χ0) is 15.0. The van der Waals surface area contributed by atoms with Gasteiger partial charge in [-0.05, 0) is 56.7 Å². The second kappa shape index (κ2) is 5.48. The van der Waals surface area contributed by atoms with Crippen LogP contribution in [0.1, 0.15) is 51.1 Å². The Balaban J connectivity index is 1.75. The fourth-order valence-corrected chi connectivity index (χ4v) is 3.31. The number of rotatable bonds is 4. The van der Waals surface area contributed by atoms with Gasteiger partial charge in [0.2, 0.25) is 5.91 Å². The number of nitrogens with zero attached hydrogens (tertiary/aromatic N) is 1. The predicted molar refractivity (Wildman–Crippen MR) is 81.8 cm³/mol. The molecule has 0 spiro atoms. The first kappa shape index (κ1) is 14.6. The van der Waals surface area contributed by atoms with E-state index in [1.165, 1.54) is 0 Å². The molecule has 0 bridgehead atoms. The fraction of sp³-hybridized carbons (Fsp3) is 0.706. The van der Waals surface area contributed by atoms with Crippen LogP contribution >= 0.6 is 0 Å². The molecular weight excluding hydrogens is 264 g/mol. The Hall–Kier alpha value is -1.29. The first-order valence-electron chi connectivity index (χ1n) is 8.06. The summed E-state index contributed by atoms with van der Waals surface area (Å²) < 4.78 is 5.67. The van der Waals surface area contributed by atoms with Gasteiger partial charge in [-0.25, -0.2) is 0 Å². The van der Waals surface area contributed by atoms with Gasteiger partial charge in [-0.2, -0.15) is 0 Å². The smallest absolute Gasteiger partial charge is 0.240 e. The Labute approximate surface area is 126 Å². The van der Waals surface area contributed by atoms with Gasteiger partial charge in [0.1, 0.15) is 11.5 Å². The van der Waals surface area contributed by atoms with Crippen LogP contribution < -0.4 is 5.32 Å². The number of aryl methyl sites for hydroxylation is 1. The standard InChI is InChI=1S/C17H26N2O2/c1-12-5-8-14(21-12)11-19(13-6-7-13)16(20)15-17(2,3)9-4-10-18-15/h5,8,13,15,18H,4,6-7,9-11H2,1-3H3. The van der Waals surface area contributed by atoms with Gasteiger partial charge >= 0.3 is 0 Å². The van der Waals surface area contributed by atoms with Gasteiger partial charge in [-0.1, -0.05) is 13.8 Å². The lowest BCUT2D eigenvalue weighted by Crippen LogP contribution is -2.56. The summed E-state index contributed by atoms with van der Waals surface area (Å²) in [5.74, 6) is 2.04.